The molecule has 0 unspecified atom stereocenters. The number of carbonyl (C=O) groups is 3. The van der Waals surface area contributed by atoms with Crippen molar-refractivity contribution in [3.63, 3.8) is 0 Å². The number of ether oxygens (including phenoxy) is 2. The summed E-state index contributed by atoms with van der Waals surface area (Å²) in [5.74, 6) is -2.18. The molecule has 0 radical (unpaired) electrons. The number of aliphatic imine (C=N–C) groups is 1. The largest absolute Gasteiger partial charge is 0.506 e. The first-order valence-electron chi connectivity index (χ1n) is 12.0. The van der Waals surface area contributed by atoms with Crippen molar-refractivity contribution in [2.24, 2.45) is 4.99 Å². The van der Waals surface area contributed by atoms with E-state index < -0.39 is 17.8 Å². The van der Waals surface area contributed by atoms with E-state index >= 15 is 0 Å². The number of hydrogen-bond acceptors (Lipinski definition) is 7. The maximum Gasteiger partial charge on any atom is 0.344 e. The SMILES string of the molecule is CCOC(=O)C1=C(O)/C(=C/c2ccccc2OCc2ccc(C(=O)O)cc2)SC1=NC(=O)c1ccc(C)cc1. The first kappa shape index (κ1) is 27.4. The quantitative estimate of drug-likeness (QED) is 0.333. The minimum atomic E-state index is -1.01. The van der Waals surface area contributed by atoms with Crippen molar-refractivity contribution in [1.29, 1.82) is 0 Å². The number of carboxylic acids is 1. The molecule has 0 fully saturated rings. The van der Waals surface area contributed by atoms with E-state index in [4.69, 9.17) is 14.6 Å². The van der Waals surface area contributed by atoms with Crippen LogP contribution in [-0.2, 0) is 16.1 Å². The number of thioether (sulfide) groups is 1. The molecule has 0 atom stereocenters. The molecule has 8 nitrogen and oxygen atoms in total. The molecule has 1 aliphatic heterocycles. The lowest BCUT2D eigenvalue weighted by molar-refractivity contribution is -0.138. The highest BCUT2D eigenvalue weighted by molar-refractivity contribution is 8.18. The van der Waals surface area contributed by atoms with Gasteiger partial charge in [-0.15, -0.1) is 0 Å². The van der Waals surface area contributed by atoms with E-state index in [1.807, 2.05) is 6.92 Å². The molecule has 1 aliphatic rings. The lowest BCUT2D eigenvalue weighted by atomic mass is 10.1. The normalized spacial score (nSPS) is 15.0. The van der Waals surface area contributed by atoms with E-state index in [0.29, 0.717) is 21.8 Å². The van der Waals surface area contributed by atoms with Crippen molar-refractivity contribution in [3.8, 4) is 5.75 Å². The van der Waals surface area contributed by atoms with Crippen molar-refractivity contribution >= 4 is 40.7 Å². The van der Waals surface area contributed by atoms with E-state index in [1.54, 1.807) is 73.7 Å². The van der Waals surface area contributed by atoms with Crippen LogP contribution in [0.4, 0.5) is 0 Å². The second kappa shape index (κ2) is 12.3. The predicted octanol–water partition coefficient (Wildman–Crippen LogP) is 5.97. The summed E-state index contributed by atoms with van der Waals surface area (Å²) in [6.07, 6.45) is 1.64. The maximum atomic E-state index is 12.8. The van der Waals surface area contributed by atoms with Crippen LogP contribution in [-0.4, -0.2) is 39.7 Å². The molecule has 0 saturated heterocycles. The summed E-state index contributed by atoms with van der Waals surface area (Å²) < 4.78 is 11.1. The van der Waals surface area contributed by atoms with Gasteiger partial charge in [0, 0.05) is 11.1 Å². The third-order valence-corrected chi connectivity index (χ3v) is 6.69. The summed E-state index contributed by atoms with van der Waals surface area (Å²) in [5.41, 5.74) is 2.73. The Morgan fingerprint density at radius 1 is 0.949 bits per heavy atom. The van der Waals surface area contributed by atoms with Gasteiger partial charge in [0.1, 0.15) is 28.7 Å². The summed E-state index contributed by atoms with van der Waals surface area (Å²) in [5, 5.41) is 20.1. The Kier molecular flexibility index (Phi) is 8.63. The van der Waals surface area contributed by atoms with Crippen LogP contribution < -0.4 is 4.74 Å². The molecular formula is C30H25NO7S. The van der Waals surface area contributed by atoms with Gasteiger partial charge in [-0.1, -0.05) is 59.8 Å². The Hall–Kier alpha value is -4.63. The number of aliphatic hydroxyl groups excluding tert-OH is 1. The molecule has 1 heterocycles. The minimum absolute atomic E-state index is 0.0414. The van der Waals surface area contributed by atoms with Crippen LogP contribution >= 0.6 is 11.8 Å². The molecule has 0 spiro atoms. The molecule has 4 rings (SSSR count). The second-order valence-electron chi connectivity index (χ2n) is 8.47. The Morgan fingerprint density at radius 3 is 2.28 bits per heavy atom. The van der Waals surface area contributed by atoms with Gasteiger partial charge in [0.15, 0.2) is 0 Å². The fraction of sp³-hybridized carbons (Fsp3) is 0.133. The van der Waals surface area contributed by atoms with Gasteiger partial charge in [-0.05, 0) is 55.8 Å². The number of nitrogens with zero attached hydrogens (tertiary/aromatic N) is 1. The molecule has 3 aromatic carbocycles. The number of aryl methyl sites for hydroxylation is 1. The maximum absolute atomic E-state index is 12.8. The number of benzene rings is 3. The Morgan fingerprint density at radius 2 is 1.62 bits per heavy atom. The fourth-order valence-electron chi connectivity index (χ4n) is 3.62. The summed E-state index contributed by atoms with van der Waals surface area (Å²) in [4.78, 5) is 41.0. The van der Waals surface area contributed by atoms with Gasteiger partial charge >= 0.3 is 11.9 Å². The standard InChI is InChI=1S/C30H25NO7S/c1-3-37-30(36)25-26(32)24(39-28(25)31-27(33)20-12-8-18(2)9-13-20)16-22-6-4-5-7-23(22)38-17-19-10-14-21(15-11-19)29(34)35/h4-16,32H,3,17H2,1-2H3,(H,34,35)/b24-16-,31-28?. The Labute approximate surface area is 229 Å². The smallest absolute Gasteiger partial charge is 0.344 e. The summed E-state index contributed by atoms with van der Waals surface area (Å²) in [6, 6.07) is 20.3. The summed E-state index contributed by atoms with van der Waals surface area (Å²) >= 11 is 0.984. The number of esters is 1. The lowest BCUT2D eigenvalue weighted by Crippen LogP contribution is -2.14. The molecular weight excluding hydrogens is 518 g/mol. The highest BCUT2D eigenvalue weighted by Gasteiger charge is 2.34. The zero-order valence-corrected chi connectivity index (χ0v) is 22.0. The van der Waals surface area contributed by atoms with E-state index in [-0.39, 0.29) is 35.2 Å². The highest BCUT2D eigenvalue weighted by Crippen LogP contribution is 2.40. The molecule has 0 aromatic heterocycles. The van der Waals surface area contributed by atoms with Crippen LogP contribution in [0.2, 0.25) is 0 Å². The zero-order chi connectivity index (χ0) is 27.9. The van der Waals surface area contributed by atoms with Gasteiger partial charge in [0.25, 0.3) is 5.91 Å². The van der Waals surface area contributed by atoms with Crippen molar-refractivity contribution in [3.05, 3.63) is 117 Å². The Balaban J connectivity index is 1.62. The number of para-hydroxylation sites is 1. The summed E-state index contributed by atoms with van der Waals surface area (Å²) in [6.45, 7) is 3.81. The van der Waals surface area contributed by atoms with E-state index in [2.05, 4.69) is 4.99 Å². The number of aliphatic hydroxyl groups is 1. The topological polar surface area (TPSA) is 122 Å². The number of hydrogen-bond donors (Lipinski definition) is 2. The highest BCUT2D eigenvalue weighted by atomic mass is 32.2. The number of carboxylic acid groups (broad SMARTS) is 1. The monoisotopic (exact) mass is 543 g/mol. The van der Waals surface area contributed by atoms with Gasteiger partial charge in [0.2, 0.25) is 0 Å². The fourth-order valence-corrected chi connectivity index (χ4v) is 4.63. The first-order chi connectivity index (χ1) is 18.8. The van der Waals surface area contributed by atoms with Gasteiger partial charge in [-0.25, -0.2) is 14.6 Å². The number of aromatic carboxylic acids is 1. The van der Waals surface area contributed by atoms with Crippen LogP contribution in [0.5, 0.6) is 5.75 Å². The molecule has 2 N–H and O–H groups in total. The van der Waals surface area contributed by atoms with Crippen LogP contribution in [0.25, 0.3) is 6.08 Å². The van der Waals surface area contributed by atoms with Crippen LogP contribution in [0.3, 0.4) is 0 Å². The summed E-state index contributed by atoms with van der Waals surface area (Å²) in [7, 11) is 0. The predicted molar refractivity (Wildman–Crippen MR) is 149 cm³/mol. The van der Waals surface area contributed by atoms with Gasteiger partial charge in [-0.3, -0.25) is 4.79 Å². The average molecular weight is 544 g/mol. The van der Waals surface area contributed by atoms with Crippen molar-refractivity contribution in [2.45, 2.75) is 20.5 Å². The molecule has 0 saturated carbocycles. The van der Waals surface area contributed by atoms with Crippen molar-refractivity contribution < 1.29 is 34.1 Å². The first-order valence-corrected chi connectivity index (χ1v) is 12.8. The molecule has 0 bridgehead atoms. The van der Waals surface area contributed by atoms with Gasteiger partial charge in [-0.2, -0.15) is 0 Å². The third-order valence-electron chi connectivity index (χ3n) is 5.67. The molecule has 198 valence electrons. The zero-order valence-electron chi connectivity index (χ0n) is 21.2. The number of amides is 1. The van der Waals surface area contributed by atoms with E-state index in [9.17, 15) is 19.5 Å². The van der Waals surface area contributed by atoms with Crippen molar-refractivity contribution in [2.75, 3.05) is 6.61 Å². The molecule has 9 heteroatoms. The molecule has 1 amide bonds. The van der Waals surface area contributed by atoms with E-state index in [1.165, 1.54) is 12.1 Å². The van der Waals surface area contributed by atoms with Crippen LogP contribution in [0.15, 0.2) is 94.0 Å². The number of carbonyl (C=O) groups excluding carboxylic acids is 2. The van der Waals surface area contributed by atoms with E-state index in [0.717, 1.165) is 22.9 Å². The molecule has 3 aromatic rings. The molecule has 0 aliphatic carbocycles. The Bertz CT molecular complexity index is 1500. The average Bonchev–Trinajstić information content (AvgIpc) is 3.22. The van der Waals surface area contributed by atoms with Gasteiger partial charge in [0.05, 0.1) is 17.1 Å². The lowest BCUT2D eigenvalue weighted by Gasteiger charge is -2.10. The van der Waals surface area contributed by atoms with Crippen LogP contribution in [0, 0.1) is 6.92 Å². The second-order valence-corrected chi connectivity index (χ2v) is 9.50. The minimum Gasteiger partial charge on any atom is -0.506 e. The van der Waals surface area contributed by atoms with Crippen molar-refractivity contribution in [1.82, 2.24) is 0 Å². The van der Waals surface area contributed by atoms with Gasteiger partial charge < -0.3 is 19.7 Å². The molecule has 39 heavy (non-hydrogen) atoms. The third kappa shape index (κ3) is 6.63. The van der Waals surface area contributed by atoms with Crippen LogP contribution in [0.1, 0.15) is 44.3 Å². The number of rotatable bonds is 8.